The third kappa shape index (κ3) is 7.47. The Morgan fingerprint density at radius 2 is 1.63 bits per heavy atom. The molecule has 3 aromatic carbocycles. The van der Waals surface area contributed by atoms with Gasteiger partial charge in [0.15, 0.2) is 0 Å². The number of sulfonamides is 1. The van der Waals surface area contributed by atoms with E-state index in [1.54, 1.807) is 50.4 Å². The molecular weight excluding hydrogens is 538 g/mol. The highest BCUT2D eigenvalue weighted by Gasteiger charge is 2.33. The second kappa shape index (κ2) is 13.7. The van der Waals surface area contributed by atoms with Crippen molar-refractivity contribution in [1.29, 1.82) is 0 Å². The van der Waals surface area contributed by atoms with E-state index < -0.39 is 28.5 Å². The highest BCUT2D eigenvalue weighted by molar-refractivity contribution is 7.92. The van der Waals surface area contributed by atoms with E-state index in [1.807, 2.05) is 37.3 Å². The molecule has 0 heterocycles. The minimum absolute atomic E-state index is 0.0822. The second-order valence-electron chi connectivity index (χ2n) is 10.4. The van der Waals surface area contributed by atoms with Gasteiger partial charge in [0.2, 0.25) is 11.8 Å². The Morgan fingerprint density at radius 3 is 2.27 bits per heavy atom. The molecule has 0 spiro atoms. The highest BCUT2D eigenvalue weighted by Crippen LogP contribution is 2.26. The quantitative estimate of drug-likeness (QED) is 0.329. The van der Waals surface area contributed by atoms with Crippen LogP contribution >= 0.6 is 0 Å². The lowest BCUT2D eigenvalue weighted by molar-refractivity contribution is -0.139. The molecule has 9 heteroatoms. The van der Waals surface area contributed by atoms with Crippen molar-refractivity contribution in [3.05, 3.63) is 90.0 Å². The number of nitrogens with zero attached hydrogens (tertiary/aromatic N) is 2. The Kier molecular flexibility index (Phi) is 10.0. The van der Waals surface area contributed by atoms with E-state index in [0.29, 0.717) is 11.4 Å². The monoisotopic (exact) mass is 577 g/mol. The van der Waals surface area contributed by atoms with Crippen LogP contribution in [0.25, 0.3) is 0 Å². The molecule has 1 fully saturated rings. The van der Waals surface area contributed by atoms with Gasteiger partial charge in [-0.2, -0.15) is 0 Å². The van der Waals surface area contributed by atoms with Crippen molar-refractivity contribution in [2.75, 3.05) is 18.0 Å². The molecule has 1 aliphatic rings. The third-order valence-electron chi connectivity index (χ3n) is 7.60. The van der Waals surface area contributed by atoms with Crippen LogP contribution in [-0.4, -0.2) is 50.9 Å². The van der Waals surface area contributed by atoms with Gasteiger partial charge < -0.3 is 15.0 Å². The molecule has 1 aliphatic carbocycles. The van der Waals surface area contributed by atoms with Crippen LogP contribution < -0.4 is 14.4 Å². The van der Waals surface area contributed by atoms with Gasteiger partial charge in [0.1, 0.15) is 18.3 Å². The van der Waals surface area contributed by atoms with Gasteiger partial charge in [-0.1, -0.05) is 62.2 Å². The van der Waals surface area contributed by atoms with Crippen LogP contribution in [0.4, 0.5) is 5.69 Å². The summed E-state index contributed by atoms with van der Waals surface area (Å²) in [5.74, 6) is -0.110. The van der Waals surface area contributed by atoms with E-state index in [2.05, 4.69) is 5.32 Å². The average molecular weight is 578 g/mol. The average Bonchev–Trinajstić information content (AvgIpc) is 3.51. The van der Waals surface area contributed by atoms with E-state index in [4.69, 9.17) is 4.74 Å². The topological polar surface area (TPSA) is 96.0 Å². The summed E-state index contributed by atoms with van der Waals surface area (Å²) in [4.78, 5) is 29.0. The number of anilines is 1. The van der Waals surface area contributed by atoms with E-state index >= 15 is 0 Å². The number of aryl methyl sites for hydroxylation is 1. The Hall–Kier alpha value is -3.85. The summed E-state index contributed by atoms with van der Waals surface area (Å²) in [6.45, 7) is 3.36. The van der Waals surface area contributed by atoms with Gasteiger partial charge in [-0.05, 0) is 73.7 Å². The predicted octanol–water partition coefficient (Wildman–Crippen LogP) is 4.93. The predicted molar refractivity (Wildman–Crippen MR) is 160 cm³/mol. The minimum atomic E-state index is -4.09. The fraction of sp³-hybridized carbons (Fsp3) is 0.375. The maximum atomic E-state index is 14.1. The summed E-state index contributed by atoms with van der Waals surface area (Å²) in [6, 6.07) is 21.8. The Balaban J connectivity index is 1.68. The third-order valence-corrected chi connectivity index (χ3v) is 9.39. The van der Waals surface area contributed by atoms with Gasteiger partial charge in [0.25, 0.3) is 10.0 Å². The maximum Gasteiger partial charge on any atom is 0.264 e. The van der Waals surface area contributed by atoms with Crippen LogP contribution in [0, 0.1) is 0 Å². The Bertz CT molecular complexity index is 1420. The number of carbonyl (C=O) groups is 2. The number of carbonyl (C=O) groups excluding carboxylic acids is 2. The van der Waals surface area contributed by atoms with Crippen LogP contribution in [0.1, 0.15) is 50.7 Å². The lowest BCUT2D eigenvalue weighted by atomic mass is 10.1. The normalized spacial score (nSPS) is 14.3. The number of hydrogen-bond donors (Lipinski definition) is 1. The molecule has 0 unspecified atom stereocenters. The van der Waals surface area contributed by atoms with E-state index in [-0.39, 0.29) is 23.4 Å². The van der Waals surface area contributed by atoms with E-state index in [9.17, 15) is 18.0 Å². The number of methoxy groups -OCH3 is 1. The zero-order chi connectivity index (χ0) is 29.4. The van der Waals surface area contributed by atoms with E-state index in [0.717, 1.165) is 47.5 Å². The first kappa shape index (κ1) is 30.1. The summed E-state index contributed by atoms with van der Waals surface area (Å²) in [5, 5.41) is 3.09. The van der Waals surface area contributed by atoms with Gasteiger partial charge in [-0.25, -0.2) is 8.42 Å². The molecule has 0 bridgehead atoms. The van der Waals surface area contributed by atoms with Crippen molar-refractivity contribution in [1.82, 2.24) is 10.2 Å². The highest BCUT2D eigenvalue weighted by atomic mass is 32.2. The summed E-state index contributed by atoms with van der Waals surface area (Å²) in [5.41, 5.74) is 2.20. The van der Waals surface area contributed by atoms with Gasteiger partial charge >= 0.3 is 0 Å². The number of benzene rings is 3. The number of nitrogens with one attached hydrogen (secondary N) is 1. The molecule has 0 aliphatic heterocycles. The molecule has 41 heavy (non-hydrogen) atoms. The lowest BCUT2D eigenvalue weighted by Crippen LogP contribution is -2.52. The second-order valence-corrected chi connectivity index (χ2v) is 12.2. The summed E-state index contributed by atoms with van der Waals surface area (Å²) >= 11 is 0. The van der Waals surface area contributed by atoms with Crippen LogP contribution in [0.2, 0.25) is 0 Å². The van der Waals surface area contributed by atoms with Crippen molar-refractivity contribution in [2.45, 2.75) is 69.5 Å². The molecule has 0 aromatic heterocycles. The van der Waals surface area contributed by atoms with Crippen molar-refractivity contribution in [2.24, 2.45) is 0 Å². The number of hydrogen-bond acceptors (Lipinski definition) is 5. The van der Waals surface area contributed by atoms with Crippen molar-refractivity contribution < 1.29 is 22.7 Å². The van der Waals surface area contributed by atoms with E-state index in [1.165, 1.54) is 17.0 Å². The zero-order valence-electron chi connectivity index (χ0n) is 24.0. The van der Waals surface area contributed by atoms with Crippen molar-refractivity contribution >= 4 is 27.5 Å². The number of rotatable bonds is 12. The fourth-order valence-corrected chi connectivity index (χ4v) is 6.52. The lowest BCUT2D eigenvalue weighted by Gasteiger charge is -2.32. The van der Waals surface area contributed by atoms with Gasteiger partial charge in [0, 0.05) is 12.6 Å². The zero-order valence-corrected chi connectivity index (χ0v) is 24.8. The van der Waals surface area contributed by atoms with Crippen LogP contribution in [0.5, 0.6) is 5.75 Å². The molecule has 1 atom stereocenters. The molecule has 0 saturated heterocycles. The standard InChI is InChI=1S/C32H39N3O5S/c1-4-25-17-19-28(20-18-25)35(41(38,39)30-15-6-5-7-16-30)23-31(36)34(22-26-11-10-14-29(21-26)40-3)24(2)32(37)33-27-12-8-9-13-27/h5-7,10-11,14-21,24,27H,4,8-9,12-13,22-23H2,1-3H3,(H,33,37)/t24-/m1/s1. The first-order chi connectivity index (χ1) is 19.7. The first-order valence-electron chi connectivity index (χ1n) is 14.1. The summed E-state index contributed by atoms with van der Waals surface area (Å²) in [6.07, 6.45) is 4.76. The van der Waals surface area contributed by atoms with Crippen LogP contribution in [0.15, 0.2) is 83.8 Å². The molecular formula is C32H39N3O5S. The molecule has 3 aromatic rings. The molecule has 1 saturated carbocycles. The smallest absolute Gasteiger partial charge is 0.264 e. The largest absolute Gasteiger partial charge is 0.497 e. The van der Waals surface area contributed by atoms with Gasteiger partial charge in [-0.15, -0.1) is 0 Å². The Morgan fingerprint density at radius 1 is 0.951 bits per heavy atom. The molecule has 218 valence electrons. The maximum absolute atomic E-state index is 14.1. The van der Waals surface area contributed by atoms with Crippen molar-refractivity contribution in [3.8, 4) is 5.75 Å². The first-order valence-corrected chi connectivity index (χ1v) is 15.6. The van der Waals surface area contributed by atoms with Crippen molar-refractivity contribution in [3.63, 3.8) is 0 Å². The van der Waals surface area contributed by atoms with Gasteiger partial charge in [0.05, 0.1) is 17.7 Å². The molecule has 8 nitrogen and oxygen atoms in total. The summed E-state index contributed by atoms with van der Waals surface area (Å²) < 4.78 is 34.2. The molecule has 0 radical (unpaired) electrons. The van der Waals surface area contributed by atoms with Crippen LogP contribution in [-0.2, 0) is 32.6 Å². The SMILES string of the molecule is CCc1ccc(N(CC(=O)N(Cc2cccc(OC)c2)[C@H](C)C(=O)NC2CCCC2)S(=O)(=O)c2ccccc2)cc1. The Labute approximate surface area is 243 Å². The van der Waals surface area contributed by atoms with Crippen LogP contribution in [0.3, 0.4) is 0 Å². The van der Waals surface area contributed by atoms with Gasteiger partial charge in [-0.3, -0.25) is 13.9 Å². The minimum Gasteiger partial charge on any atom is -0.497 e. The number of ether oxygens (including phenoxy) is 1. The number of amides is 2. The summed E-state index contributed by atoms with van der Waals surface area (Å²) in [7, 11) is -2.52. The molecule has 2 amide bonds. The molecule has 1 N–H and O–H groups in total. The molecule has 4 rings (SSSR count). The fourth-order valence-electron chi connectivity index (χ4n) is 5.09.